The second-order valence-electron chi connectivity index (χ2n) is 4.97. The van der Waals surface area contributed by atoms with Crippen molar-refractivity contribution in [3.63, 3.8) is 0 Å². The molecule has 0 radical (unpaired) electrons. The Balaban J connectivity index is 2.32. The monoisotopic (exact) mass is 315 g/mol. The fourth-order valence-electron chi connectivity index (χ4n) is 2.19. The second kappa shape index (κ2) is 6.22. The van der Waals surface area contributed by atoms with Crippen LogP contribution in [0.4, 0.5) is 17.1 Å². The van der Waals surface area contributed by atoms with E-state index in [1.165, 1.54) is 36.4 Å². The van der Waals surface area contributed by atoms with E-state index in [-0.39, 0.29) is 16.9 Å². The first-order chi connectivity index (χ1) is 10.8. The number of hydrogen-bond acceptors (Lipinski definition) is 5. The summed E-state index contributed by atoms with van der Waals surface area (Å²) in [6.45, 7) is 3.28. The molecule has 0 spiro atoms. The highest BCUT2D eigenvalue weighted by Crippen LogP contribution is 2.27. The van der Waals surface area contributed by atoms with Crippen molar-refractivity contribution in [2.75, 3.05) is 5.32 Å². The Morgan fingerprint density at radius 1 is 0.957 bits per heavy atom. The number of carbonyl (C=O) groups is 1. The number of non-ortho nitro benzene ring substituents is 2. The zero-order chi connectivity index (χ0) is 17.1. The molecule has 1 amide bonds. The predicted molar refractivity (Wildman–Crippen MR) is 83.6 cm³/mol. The van der Waals surface area contributed by atoms with Crippen LogP contribution in [0.2, 0.25) is 0 Å². The Kier molecular flexibility index (Phi) is 4.35. The minimum absolute atomic E-state index is 0.0617. The van der Waals surface area contributed by atoms with Crippen LogP contribution in [0.25, 0.3) is 0 Å². The molecule has 0 unspecified atom stereocenters. The van der Waals surface area contributed by atoms with Crippen LogP contribution in [0.3, 0.4) is 0 Å². The topological polar surface area (TPSA) is 115 Å². The van der Waals surface area contributed by atoms with E-state index in [2.05, 4.69) is 5.32 Å². The largest absolute Gasteiger partial charge is 0.321 e. The minimum Gasteiger partial charge on any atom is -0.321 e. The van der Waals surface area contributed by atoms with Gasteiger partial charge in [-0.25, -0.2) is 0 Å². The molecule has 8 heteroatoms. The normalized spacial score (nSPS) is 10.2. The van der Waals surface area contributed by atoms with Crippen molar-refractivity contribution in [2.45, 2.75) is 13.8 Å². The summed E-state index contributed by atoms with van der Waals surface area (Å²) in [6, 6.07) is 8.05. The third kappa shape index (κ3) is 3.49. The van der Waals surface area contributed by atoms with Gasteiger partial charge in [-0.3, -0.25) is 25.0 Å². The van der Waals surface area contributed by atoms with E-state index in [1.807, 2.05) is 0 Å². The summed E-state index contributed by atoms with van der Waals surface area (Å²) in [6.07, 6.45) is 0. The molecule has 2 aromatic rings. The lowest BCUT2D eigenvalue weighted by Gasteiger charge is -2.11. The van der Waals surface area contributed by atoms with Crippen molar-refractivity contribution < 1.29 is 14.6 Å². The minimum atomic E-state index is -0.584. The smallest absolute Gasteiger partial charge is 0.270 e. The van der Waals surface area contributed by atoms with Crippen molar-refractivity contribution in [3.8, 4) is 0 Å². The lowest BCUT2D eigenvalue weighted by atomic mass is 10.1. The van der Waals surface area contributed by atoms with Crippen LogP contribution in [0, 0.1) is 34.1 Å². The number of aryl methyl sites for hydroxylation is 2. The van der Waals surface area contributed by atoms with Crippen LogP contribution in [0.1, 0.15) is 21.5 Å². The van der Waals surface area contributed by atoms with Gasteiger partial charge in [0, 0.05) is 35.5 Å². The van der Waals surface area contributed by atoms with Crippen molar-refractivity contribution in [1.29, 1.82) is 0 Å². The van der Waals surface area contributed by atoms with E-state index in [4.69, 9.17) is 0 Å². The van der Waals surface area contributed by atoms with Gasteiger partial charge < -0.3 is 5.32 Å². The fraction of sp³-hybridized carbons (Fsp3) is 0.133. The molecule has 2 aromatic carbocycles. The summed E-state index contributed by atoms with van der Waals surface area (Å²) in [4.78, 5) is 32.7. The Morgan fingerprint density at radius 2 is 1.52 bits per heavy atom. The second-order valence-corrected chi connectivity index (χ2v) is 4.97. The van der Waals surface area contributed by atoms with E-state index in [0.29, 0.717) is 16.8 Å². The van der Waals surface area contributed by atoms with E-state index in [9.17, 15) is 25.0 Å². The molecule has 2 rings (SSSR count). The average molecular weight is 315 g/mol. The van der Waals surface area contributed by atoms with Crippen LogP contribution in [0.5, 0.6) is 0 Å². The highest BCUT2D eigenvalue weighted by molar-refractivity contribution is 6.05. The summed E-state index contributed by atoms with van der Waals surface area (Å²) < 4.78 is 0. The number of benzene rings is 2. The summed E-state index contributed by atoms with van der Waals surface area (Å²) >= 11 is 0. The van der Waals surface area contributed by atoms with Crippen molar-refractivity contribution in [1.82, 2.24) is 0 Å². The average Bonchev–Trinajstić information content (AvgIpc) is 2.50. The summed E-state index contributed by atoms with van der Waals surface area (Å²) in [7, 11) is 0. The molecule has 0 aromatic heterocycles. The van der Waals surface area contributed by atoms with Crippen LogP contribution in [-0.4, -0.2) is 15.8 Å². The maximum absolute atomic E-state index is 12.2. The first-order valence-electron chi connectivity index (χ1n) is 6.61. The highest BCUT2D eigenvalue weighted by atomic mass is 16.6. The molecule has 0 saturated carbocycles. The SMILES string of the molecule is Cc1cc([N+](=O)[O-])cc(C)c1NC(=O)c1cccc([N+](=O)[O-])c1. The van der Waals surface area contributed by atoms with Gasteiger partial charge >= 0.3 is 0 Å². The number of amides is 1. The maximum Gasteiger partial charge on any atom is 0.270 e. The number of carbonyl (C=O) groups excluding carboxylic acids is 1. The molecular formula is C15H13N3O5. The van der Waals surface area contributed by atoms with Crippen molar-refractivity contribution in [3.05, 3.63) is 73.3 Å². The lowest BCUT2D eigenvalue weighted by molar-refractivity contribution is -0.385. The zero-order valence-corrected chi connectivity index (χ0v) is 12.4. The lowest BCUT2D eigenvalue weighted by Crippen LogP contribution is -2.14. The predicted octanol–water partition coefficient (Wildman–Crippen LogP) is 3.37. The fourth-order valence-corrected chi connectivity index (χ4v) is 2.19. The molecule has 118 valence electrons. The molecule has 0 heterocycles. The Bertz CT molecular complexity index is 794. The molecule has 8 nitrogen and oxygen atoms in total. The molecule has 0 saturated heterocycles. The number of nitrogens with zero attached hydrogens (tertiary/aromatic N) is 2. The number of rotatable bonds is 4. The number of nitro benzene ring substituents is 2. The van der Waals surface area contributed by atoms with Crippen LogP contribution in [0.15, 0.2) is 36.4 Å². The van der Waals surface area contributed by atoms with Crippen LogP contribution < -0.4 is 5.32 Å². The van der Waals surface area contributed by atoms with Crippen molar-refractivity contribution in [2.24, 2.45) is 0 Å². The van der Waals surface area contributed by atoms with Crippen LogP contribution in [-0.2, 0) is 0 Å². The molecule has 0 bridgehead atoms. The van der Waals surface area contributed by atoms with E-state index < -0.39 is 15.8 Å². The number of hydrogen-bond donors (Lipinski definition) is 1. The van der Waals surface area contributed by atoms with Gasteiger partial charge in [-0.05, 0) is 31.0 Å². The van der Waals surface area contributed by atoms with E-state index in [1.54, 1.807) is 13.8 Å². The van der Waals surface area contributed by atoms with Gasteiger partial charge in [0.2, 0.25) is 0 Å². The summed E-state index contributed by atoms with van der Waals surface area (Å²) in [5.74, 6) is -0.520. The van der Waals surface area contributed by atoms with Crippen LogP contribution >= 0.6 is 0 Å². The Hall–Kier alpha value is -3.29. The quantitative estimate of drug-likeness (QED) is 0.686. The Labute approximate surface area is 131 Å². The first-order valence-corrected chi connectivity index (χ1v) is 6.61. The molecular weight excluding hydrogens is 302 g/mol. The molecule has 1 N–H and O–H groups in total. The summed E-state index contributed by atoms with van der Waals surface area (Å²) in [5, 5.41) is 24.2. The third-order valence-electron chi connectivity index (χ3n) is 3.29. The number of nitro groups is 2. The third-order valence-corrected chi connectivity index (χ3v) is 3.29. The molecule has 0 atom stereocenters. The van der Waals surface area contributed by atoms with Gasteiger partial charge in [0.15, 0.2) is 0 Å². The molecule has 23 heavy (non-hydrogen) atoms. The molecule has 0 fully saturated rings. The van der Waals surface area contributed by atoms with Gasteiger partial charge in [0.1, 0.15) is 0 Å². The number of anilines is 1. The van der Waals surface area contributed by atoms with Crippen molar-refractivity contribution >= 4 is 23.0 Å². The van der Waals surface area contributed by atoms with Gasteiger partial charge in [-0.15, -0.1) is 0 Å². The first kappa shape index (κ1) is 16.1. The molecule has 0 aliphatic carbocycles. The molecule has 0 aliphatic rings. The van der Waals surface area contributed by atoms with Gasteiger partial charge in [-0.1, -0.05) is 6.07 Å². The molecule has 0 aliphatic heterocycles. The van der Waals surface area contributed by atoms with Gasteiger partial charge in [0.05, 0.1) is 9.85 Å². The van der Waals surface area contributed by atoms with Gasteiger partial charge in [-0.2, -0.15) is 0 Å². The standard InChI is InChI=1S/C15H13N3O5/c1-9-6-13(18(22)23)7-10(2)14(9)16-15(19)11-4-3-5-12(8-11)17(20)21/h3-8H,1-2H3,(H,16,19). The Morgan fingerprint density at radius 3 is 2.04 bits per heavy atom. The van der Waals surface area contributed by atoms with E-state index in [0.717, 1.165) is 0 Å². The van der Waals surface area contributed by atoms with E-state index >= 15 is 0 Å². The van der Waals surface area contributed by atoms with Gasteiger partial charge in [0.25, 0.3) is 17.3 Å². The summed E-state index contributed by atoms with van der Waals surface area (Å²) in [5.41, 5.74) is 1.41. The highest BCUT2D eigenvalue weighted by Gasteiger charge is 2.16. The number of nitrogens with one attached hydrogen (secondary N) is 1. The zero-order valence-electron chi connectivity index (χ0n) is 12.4. The maximum atomic E-state index is 12.2.